The summed E-state index contributed by atoms with van der Waals surface area (Å²) in [5.74, 6) is -3.19. The molecule has 1 aliphatic rings. The Balaban J connectivity index is 2.91. The first-order chi connectivity index (χ1) is 14.4. The van der Waals surface area contributed by atoms with Crippen molar-refractivity contribution in [2.75, 3.05) is 78.5 Å². The van der Waals surface area contributed by atoms with Crippen molar-refractivity contribution in [1.29, 1.82) is 0 Å². The van der Waals surface area contributed by atoms with Crippen LogP contribution in [-0.4, -0.2) is 138 Å². The van der Waals surface area contributed by atoms with Crippen molar-refractivity contribution >= 4 is 17.9 Å². The fraction of sp³-hybridized carbons (Fsp3) is 0.833. The van der Waals surface area contributed by atoms with E-state index in [9.17, 15) is 27.6 Å². The molecule has 0 unspecified atom stereocenters. The molecule has 0 saturated carbocycles. The predicted molar refractivity (Wildman–Crippen MR) is 104 cm³/mol. The highest BCUT2D eigenvalue weighted by Crippen LogP contribution is 2.17. The van der Waals surface area contributed by atoms with E-state index in [2.05, 4.69) is 0 Å². The van der Waals surface area contributed by atoms with Gasteiger partial charge in [-0.15, -0.1) is 0 Å². The zero-order chi connectivity index (χ0) is 23.4. The van der Waals surface area contributed by atoms with Crippen LogP contribution in [-0.2, 0) is 14.4 Å². The second-order valence-corrected chi connectivity index (χ2v) is 7.61. The molecule has 0 amide bonds. The van der Waals surface area contributed by atoms with Gasteiger partial charge in [-0.3, -0.25) is 34.0 Å². The fourth-order valence-corrected chi connectivity index (χ4v) is 3.51. The highest BCUT2D eigenvalue weighted by Gasteiger charge is 2.31. The monoisotopic (exact) mass is 456 g/mol. The number of hydrogen-bond acceptors (Lipinski definition) is 7. The minimum Gasteiger partial charge on any atom is -0.480 e. The van der Waals surface area contributed by atoms with Crippen molar-refractivity contribution in [3.63, 3.8) is 0 Å². The van der Waals surface area contributed by atoms with Gasteiger partial charge in [0.05, 0.1) is 26.2 Å². The van der Waals surface area contributed by atoms with E-state index in [1.807, 2.05) is 0 Å². The molecule has 0 bridgehead atoms. The SMILES string of the molecule is O=C(O)CN1CCCN(CC(=O)O)CCN(CC(F)(F)F)CCCN(CC(=O)O)CC1. The van der Waals surface area contributed by atoms with Crippen LogP contribution >= 0.6 is 0 Å². The third-order valence-electron chi connectivity index (χ3n) is 4.84. The Kier molecular flexibility index (Phi) is 11.7. The number of alkyl halides is 3. The zero-order valence-electron chi connectivity index (χ0n) is 17.4. The van der Waals surface area contributed by atoms with Gasteiger partial charge in [0.25, 0.3) is 0 Å². The first-order valence-electron chi connectivity index (χ1n) is 10.1. The van der Waals surface area contributed by atoms with E-state index in [0.717, 1.165) is 0 Å². The van der Waals surface area contributed by atoms with Crippen molar-refractivity contribution in [3.8, 4) is 0 Å². The molecule has 180 valence electrons. The Morgan fingerprint density at radius 3 is 1.16 bits per heavy atom. The number of hydrogen-bond donors (Lipinski definition) is 3. The minimum absolute atomic E-state index is 0.0184. The molecule has 1 heterocycles. The summed E-state index contributed by atoms with van der Waals surface area (Å²) >= 11 is 0. The molecule has 0 spiro atoms. The van der Waals surface area contributed by atoms with Crippen LogP contribution in [0, 0.1) is 0 Å². The third kappa shape index (κ3) is 13.9. The van der Waals surface area contributed by atoms with Crippen LogP contribution in [0.1, 0.15) is 12.8 Å². The Labute approximate surface area is 178 Å². The van der Waals surface area contributed by atoms with Crippen LogP contribution in [0.3, 0.4) is 0 Å². The molecule has 0 aromatic heterocycles. The average Bonchev–Trinajstić information content (AvgIpc) is 2.60. The molecule has 0 atom stereocenters. The van der Waals surface area contributed by atoms with Crippen molar-refractivity contribution in [3.05, 3.63) is 0 Å². The largest absolute Gasteiger partial charge is 0.480 e. The Morgan fingerprint density at radius 2 is 0.871 bits per heavy atom. The molecule has 1 rings (SSSR count). The van der Waals surface area contributed by atoms with E-state index in [-0.39, 0.29) is 58.9 Å². The fourth-order valence-electron chi connectivity index (χ4n) is 3.51. The van der Waals surface area contributed by atoms with Crippen LogP contribution in [0.15, 0.2) is 0 Å². The summed E-state index contributed by atoms with van der Waals surface area (Å²) in [5, 5.41) is 27.3. The van der Waals surface area contributed by atoms with Gasteiger partial charge in [-0.2, -0.15) is 13.2 Å². The number of nitrogens with zero attached hydrogens (tertiary/aromatic N) is 4. The number of rotatable bonds is 7. The molecule has 31 heavy (non-hydrogen) atoms. The predicted octanol–water partition coefficient (Wildman–Crippen LogP) is -0.196. The third-order valence-corrected chi connectivity index (χ3v) is 4.84. The Morgan fingerprint density at radius 1 is 0.581 bits per heavy atom. The molecular weight excluding hydrogens is 425 g/mol. The van der Waals surface area contributed by atoms with Crippen LogP contribution in [0.25, 0.3) is 0 Å². The Hall–Kier alpha value is -1.96. The zero-order valence-corrected chi connectivity index (χ0v) is 17.4. The molecule has 3 N–H and O–H groups in total. The molecule has 0 aliphatic carbocycles. The van der Waals surface area contributed by atoms with Crippen molar-refractivity contribution in [2.24, 2.45) is 0 Å². The smallest absolute Gasteiger partial charge is 0.401 e. The van der Waals surface area contributed by atoms with E-state index in [0.29, 0.717) is 25.9 Å². The first kappa shape index (κ1) is 27.1. The van der Waals surface area contributed by atoms with E-state index in [1.165, 1.54) is 4.90 Å². The summed E-state index contributed by atoms with van der Waals surface area (Å²) < 4.78 is 38.8. The van der Waals surface area contributed by atoms with E-state index in [1.54, 1.807) is 14.7 Å². The lowest BCUT2D eigenvalue weighted by Crippen LogP contribution is -2.45. The van der Waals surface area contributed by atoms with Gasteiger partial charge in [-0.1, -0.05) is 0 Å². The van der Waals surface area contributed by atoms with Gasteiger partial charge < -0.3 is 15.3 Å². The summed E-state index contributed by atoms with van der Waals surface area (Å²) in [6.07, 6.45) is -3.68. The standard InChI is InChI=1S/C18H31F3N4O6/c19-18(20,21)14-25-6-2-5-23(12-16(28)29)8-7-22(11-15(26)27)3-1-4-24(9-10-25)13-17(30)31/h1-14H2,(H,26,27)(H,28,29)(H,30,31). The number of carboxylic acids is 3. The summed E-state index contributed by atoms with van der Waals surface area (Å²) in [4.78, 5) is 39.3. The quantitative estimate of drug-likeness (QED) is 0.475. The molecular formula is C18H31F3N4O6. The summed E-state index contributed by atoms with van der Waals surface area (Å²) in [6.45, 7) is -0.310. The van der Waals surface area contributed by atoms with Crippen LogP contribution in [0.5, 0.6) is 0 Å². The number of carboxylic acid groups (broad SMARTS) is 3. The van der Waals surface area contributed by atoms with Gasteiger partial charge in [0.2, 0.25) is 0 Å². The highest BCUT2D eigenvalue weighted by atomic mass is 19.4. The van der Waals surface area contributed by atoms with Crippen LogP contribution in [0.4, 0.5) is 13.2 Å². The number of halogens is 3. The molecule has 0 aromatic carbocycles. The number of carbonyl (C=O) groups is 3. The lowest BCUT2D eigenvalue weighted by Gasteiger charge is -2.31. The first-order valence-corrected chi connectivity index (χ1v) is 10.1. The van der Waals surface area contributed by atoms with E-state index < -0.39 is 30.6 Å². The molecule has 0 radical (unpaired) electrons. The molecule has 13 heteroatoms. The lowest BCUT2D eigenvalue weighted by molar-refractivity contribution is -0.147. The second kappa shape index (κ2) is 13.5. The summed E-state index contributed by atoms with van der Waals surface area (Å²) in [5.41, 5.74) is 0. The summed E-state index contributed by atoms with van der Waals surface area (Å²) in [6, 6.07) is 0. The van der Waals surface area contributed by atoms with Gasteiger partial charge in [-0.25, -0.2) is 0 Å². The van der Waals surface area contributed by atoms with Crippen LogP contribution < -0.4 is 0 Å². The summed E-state index contributed by atoms with van der Waals surface area (Å²) in [7, 11) is 0. The maximum Gasteiger partial charge on any atom is 0.401 e. The van der Waals surface area contributed by atoms with Gasteiger partial charge >= 0.3 is 24.1 Å². The molecule has 1 saturated heterocycles. The molecule has 10 nitrogen and oxygen atoms in total. The van der Waals surface area contributed by atoms with Crippen molar-refractivity contribution in [1.82, 2.24) is 19.6 Å². The van der Waals surface area contributed by atoms with Gasteiger partial charge in [0, 0.05) is 45.8 Å². The molecule has 1 fully saturated rings. The average molecular weight is 456 g/mol. The maximum atomic E-state index is 12.9. The second-order valence-electron chi connectivity index (χ2n) is 7.61. The van der Waals surface area contributed by atoms with Gasteiger partial charge in [0.15, 0.2) is 0 Å². The highest BCUT2D eigenvalue weighted by molar-refractivity contribution is 5.69. The van der Waals surface area contributed by atoms with Crippen molar-refractivity contribution < 1.29 is 42.9 Å². The topological polar surface area (TPSA) is 125 Å². The normalized spacial score (nSPS) is 20.2. The minimum atomic E-state index is -4.40. The maximum absolute atomic E-state index is 12.9. The molecule has 0 aromatic rings. The van der Waals surface area contributed by atoms with Gasteiger partial charge in [0.1, 0.15) is 0 Å². The van der Waals surface area contributed by atoms with E-state index in [4.69, 9.17) is 15.3 Å². The van der Waals surface area contributed by atoms with Gasteiger partial charge in [-0.05, 0) is 19.4 Å². The van der Waals surface area contributed by atoms with Crippen molar-refractivity contribution in [2.45, 2.75) is 19.0 Å². The Bertz CT molecular complexity index is 593. The number of aliphatic carboxylic acids is 3. The van der Waals surface area contributed by atoms with E-state index >= 15 is 0 Å². The lowest BCUT2D eigenvalue weighted by atomic mass is 10.2. The van der Waals surface area contributed by atoms with Crippen LogP contribution in [0.2, 0.25) is 0 Å². The molecule has 1 aliphatic heterocycles.